The van der Waals surface area contributed by atoms with Crippen molar-refractivity contribution in [2.45, 2.75) is 39.3 Å². The standard InChI is InChI=1S/C18H29N6O5P.C4H4O4/c1-4-13(2)15(18(25)27-3)24-6-5-8-29-30(24,26)12-28-9-7-23-11-22-14-16(19)20-10-21-17(14)23;5-3(6)1-2-4(7)8/h10-11,13,15H,4-9,12H2,1-3H3,(H2,19,20,21);1-2H,(H,5,6)(H,7,8)/b;2-1+/t13?,15-,30?;/m0./s1. The van der Waals surface area contributed by atoms with E-state index in [2.05, 4.69) is 15.0 Å². The number of fused-ring (bicyclic) bond motifs is 1. The van der Waals surface area contributed by atoms with Gasteiger partial charge >= 0.3 is 17.9 Å². The van der Waals surface area contributed by atoms with Crippen LogP contribution in [0.5, 0.6) is 0 Å². The maximum atomic E-state index is 13.6. The number of aromatic nitrogens is 4. The number of ether oxygens (including phenoxy) is 2. The lowest BCUT2D eigenvalue weighted by Gasteiger charge is -2.40. The van der Waals surface area contributed by atoms with Crippen LogP contribution in [0.4, 0.5) is 5.82 Å². The van der Waals surface area contributed by atoms with Gasteiger partial charge in [0.25, 0.3) is 7.52 Å². The summed E-state index contributed by atoms with van der Waals surface area (Å²) in [7, 11) is -1.99. The van der Waals surface area contributed by atoms with Crippen molar-refractivity contribution < 1.29 is 43.2 Å². The van der Waals surface area contributed by atoms with Crippen molar-refractivity contribution in [3.05, 3.63) is 24.8 Å². The zero-order valence-corrected chi connectivity index (χ0v) is 22.3. The van der Waals surface area contributed by atoms with Crippen LogP contribution >= 0.6 is 7.52 Å². The second-order valence-corrected chi connectivity index (χ2v) is 10.6. The number of esters is 1. The number of nitrogens with two attached hydrogens (primary N) is 1. The molecule has 0 radical (unpaired) electrons. The number of methoxy groups -OCH3 is 1. The van der Waals surface area contributed by atoms with E-state index in [4.69, 9.17) is 29.9 Å². The number of hydrogen-bond donors (Lipinski definition) is 3. The van der Waals surface area contributed by atoms with Crippen LogP contribution in [0.15, 0.2) is 24.8 Å². The first-order valence-electron chi connectivity index (χ1n) is 11.8. The van der Waals surface area contributed by atoms with Crippen molar-refractivity contribution in [1.29, 1.82) is 0 Å². The maximum Gasteiger partial charge on any atom is 0.328 e. The maximum absolute atomic E-state index is 13.6. The Morgan fingerprint density at radius 3 is 2.53 bits per heavy atom. The van der Waals surface area contributed by atoms with Crippen molar-refractivity contribution in [3.63, 3.8) is 0 Å². The third-order valence-electron chi connectivity index (χ3n) is 5.69. The van der Waals surface area contributed by atoms with E-state index in [1.165, 1.54) is 13.4 Å². The molecule has 0 saturated carbocycles. The highest BCUT2D eigenvalue weighted by atomic mass is 31.2. The Morgan fingerprint density at radius 1 is 1.24 bits per heavy atom. The molecule has 2 aromatic rings. The Hall–Kier alpha value is -3.39. The molecule has 0 aliphatic carbocycles. The predicted molar refractivity (Wildman–Crippen MR) is 135 cm³/mol. The summed E-state index contributed by atoms with van der Waals surface area (Å²) in [5.41, 5.74) is 6.94. The fourth-order valence-electron chi connectivity index (χ4n) is 3.64. The normalized spacial score (nSPS) is 19.4. The van der Waals surface area contributed by atoms with E-state index >= 15 is 0 Å². The smallest absolute Gasteiger partial charge is 0.328 e. The summed E-state index contributed by atoms with van der Waals surface area (Å²) < 4.78 is 33.4. The van der Waals surface area contributed by atoms with Gasteiger partial charge in [0.15, 0.2) is 11.5 Å². The number of carboxylic acids is 2. The second kappa shape index (κ2) is 14.5. The Morgan fingerprint density at radius 2 is 1.92 bits per heavy atom. The zero-order chi connectivity index (χ0) is 28.3. The number of rotatable bonds is 11. The molecule has 4 N–H and O–H groups in total. The number of imidazole rings is 1. The molecule has 15 nitrogen and oxygen atoms in total. The highest BCUT2D eigenvalue weighted by Gasteiger charge is 2.44. The summed E-state index contributed by atoms with van der Waals surface area (Å²) in [6, 6.07) is -0.632. The van der Waals surface area contributed by atoms with Gasteiger partial charge in [-0.3, -0.25) is 9.36 Å². The predicted octanol–water partition coefficient (Wildman–Crippen LogP) is 1.60. The van der Waals surface area contributed by atoms with Crippen LogP contribution in [0.3, 0.4) is 0 Å². The van der Waals surface area contributed by atoms with Gasteiger partial charge in [-0.15, -0.1) is 0 Å². The van der Waals surface area contributed by atoms with Crippen LogP contribution in [-0.2, 0) is 39.5 Å². The molecule has 1 saturated heterocycles. The average Bonchev–Trinajstić information content (AvgIpc) is 3.31. The molecule has 210 valence electrons. The monoisotopic (exact) mass is 556 g/mol. The quantitative estimate of drug-likeness (QED) is 0.155. The van der Waals surface area contributed by atoms with Gasteiger partial charge in [0, 0.05) is 25.2 Å². The molecule has 0 aromatic carbocycles. The molecule has 0 amide bonds. The first-order chi connectivity index (χ1) is 18.0. The number of hydrogen-bond acceptors (Lipinski definition) is 11. The molecule has 1 aliphatic heterocycles. The van der Waals surface area contributed by atoms with Gasteiger partial charge in [0.1, 0.15) is 24.2 Å². The number of carbonyl (C=O) groups excluding carboxylic acids is 1. The Bertz CT molecular complexity index is 1170. The minimum Gasteiger partial charge on any atom is -0.478 e. The van der Waals surface area contributed by atoms with Crippen LogP contribution < -0.4 is 5.73 Å². The van der Waals surface area contributed by atoms with E-state index < -0.39 is 31.5 Å². The molecule has 1 aliphatic rings. The van der Waals surface area contributed by atoms with Crippen LogP contribution in [-0.4, -0.2) is 91.6 Å². The lowest BCUT2D eigenvalue weighted by Crippen LogP contribution is -2.47. The molecule has 1 fully saturated rings. The number of nitrogens with zero attached hydrogens (tertiary/aromatic N) is 5. The van der Waals surface area contributed by atoms with E-state index in [-0.39, 0.29) is 18.9 Å². The van der Waals surface area contributed by atoms with Crippen LogP contribution in [0, 0.1) is 5.92 Å². The highest BCUT2D eigenvalue weighted by molar-refractivity contribution is 7.56. The SMILES string of the molecule is CCC(C)[C@@H](C(=O)OC)N1CCCOP1(=O)COCCn1cnc2c(N)ncnc21.O=C(O)/C=C/C(=O)O. The van der Waals surface area contributed by atoms with Crippen molar-refractivity contribution in [2.75, 3.05) is 38.9 Å². The topological polar surface area (TPSA) is 209 Å². The van der Waals surface area contributed by atoms with Crippen molar-refractivity contribution in [1.82, 2.24) is 24.2 Å². The number of carboxylic acid groups (broad SMARTS) is 2. The summed E-state index contributed by atoms with van der Waals surface area (Å²) in [6.07, 6.45) is 5.43. The molecule has 0 spiro atoms. The fraction of sp³-hybridized carbons (Fsp3) is 0.545. The number of anilines is 1. The van der Waals surface area contributed by atoms with E-state index in [1.54, 1.807) is 15.6 Å². The third-order valence-corrected chi connectivity index (χ3v) is 8.02. The van der Waals surface area contributed by atoms with Crippen LogP contribution in [0.2, 0.25) is 0 Å². The first kappa shape index (κ1) is 30.8. The summed E-state index contributed by atoms with van der Waals surface area (Å²) in [6.45, 7) is 5.50. The van der Waals surface area contributed by atoms with Gasteiger partial charge in [-0.25, -0.2) is 29.2 Å². The summed E-state index contributed by atoms with van der Waals surface area (Å²) >= 11 is 0. The molecular weight excluding hydrogens is 523 g/mol. The van der Waals surface area contributed by atoms with E-state index in [0.29, 0.717) is 55.3 Å². The molecule has 38 heavy (non-hydrogen) atoms. The third kappa shape index (κ3) is 8.31. The number of carbonyl (C=O) groups is 3. The molecule has 3 atom stereocenters. The molecule has 3 rings (SSSR count). The number of aliphatic carboxylic acids is 2. The van der Waals surface area contributed by atoms with E-state index in [1.807, 2.05) is 13.8 Å². The molecule has 3 heterocycles. The van der Waals surface area contributed by atoms with Crippen molar-refractivity contribution >= 4 is 42.4 Å². The molecule has 16 heteroatoms. The second-order valence-electron chi connectivity index (χ2n) is 8.26. The van der Waals surface area contributed by atoms with Crippen LogP contribution in [0.1, 0.15) is 26.7 Å². The highest BCUT2D eigenvalue weighted by Crippen LogP contribution is 2.55. The van der Waals surface area contributed by atoms with Crippen molar-refractivity contribution in [2.24, 2.45) is 5.92 Å². The fourth-order valence-corrected chi connectivity index (χ4v) is 5.93. The van der Waals surface area contributed by atoms with Crippen molar-refractivity contribution in [3.8, 4) is 0 Å². The average molecular weight is 557 g/mol. The van der Waals surface area contributed by atoms with Gasteiger partial charge < -0.3 is 34.5 Å². The lowest BCUT2D eigenvalue weighted by atomic mass is 9.99. The molecular formula is C22H33N6O9P. The van der Waals surface area contributed by atoms with Gasteiger partial charge in [0.2, 0.25) is 0 Å². The van der Waals surface area contributed by atoms with Gasteiger partial charge in [-0.05, 0) is 12.3 Å². The van der Waals surface area contributed by atoms with Gasteiger partial charge in [-0.1, -0.05) is 20.3 Å². The van der Waals surface area contributed by atoms with Crippen LogP contribution in [0.25, 0.3) is 11.2 Å². The minimum atomic E-state index is -3.34. The first-order valence-corrected chi connectivity index (χ1v) is 13.5. The van der Waals surface area contributed by atoms with E-state index in [0.717, 1.165) is 6.42 Å². The Kier molecular flexibility index (Phi) is 11.8. The largest absolute Gasteiger partial charge is 0.478 e. The Labute approximate surface area is 219 Å². The van der Waals surface area contributed by atoms with Gasteiger partial charge in [-0.2, -0.15) is 0 Å². The minimum absolute atomic E-state index is 0.0325. The zero-order valence-electron chi connectivity index (χ0n) is 21.4. The molecule has 2 aromatic heterocycles. The summed E-state index contributed by atoms with van der Waals surface area (Å²) in [5.74, 6) is -2.64. The number of nitrogen functional groups attached to an aromatic ring is 1. The Balaban J connectivity index is 0.000000550. The lowest BCUT2D eigenvalue weighted by molar-refractivity contribution is -0.147. The summed E-state index contributed by atoms with van der Waals surface area (Å²) in [5, 5.41) is 15.6. The van der Waals surface area contributed by atoms with E-state index in [9.17, 15) is 18.9 Å². The molecule has 2 unspecified atom stereocenters. The summed E-state index contributed by atoms with van der Waals surface area (Å²) in [4.78, 5) is 43.9. The molecule has 0 bridgehead atoms. The van der Waals surface area contributed by atoms with Gasteiger partial charge in [0.05, 0.1) is 26.7 Å².